The largest absolute Gasteiger partial charge is 0.507 e. The maximum absolute atomic E-state index is 12.9. The predicted molar refractivity (Wildman–Crippen MR) is 157 cm³/mol. The number of phenols is 2. The molecule has 0 amide bonds. The van der Waals surface area contributed by atoms with Gasteiger partial charge < -0.3 is 43.7 Å². The lowest BCUT2D eigenvalue weighted by molar-refractivity contribution is -0.154. The number of nitrogens with zero attached hydrogens (tertiary/aromatic N) is 3. The predicted octanol–water partition coefficient (Wildman–Crippen LogP) is 2.77. The SMILES string of the molecule is COc1c(C)c(O)c2c(c1O)C1=C3[C@@H]4SCC(=O)C(=O)OC[C@@H](c5c6c(c(C)c(OC(C)=O)c54)OCO6)N3[C@@H](C#N)C(C2)N1C. The van der Waals surface area contributed by atoms with Crippen LogP contribution in [0.25, 0.3) is 5.70 Å². The van der Waals surface area contributed by atoms with Gasteiger partial charge in [-0.1, -0.05) is 0 Å². The summed E-state index contributed by atoms with van der Waals surface area (Å²) < 4.78 is 28.8. The number of nitriles is 1. The number of methoxy groups -OCH3 is 1. The second-order valence-electron chi connectivity index (χ2n) is 11.5. The van der Waals surface area contributed by atoms with Crippen molar-refractivity contribution in [2.75, 3.05) is 33.3 Å². The van der Waals surface area contributed by atoms with Crippen molar-refractivity contribution in [3.8, 4) is 40.6 Å². The number of thioether (sulfide) groups is 1. The molecule has 0 aliphatic carbocycles. The number of likely N-dealkylation sites (N-methyl/N-ethyl adjacent to an activating group) is 1. The minimum absolute atomic E-state index is 0.0528. The molecule has 7 rings (SSSR count). The molecule has 0 aromatic heterocycles. The van der Waals surface area contributed by atoms with E-state index < -0.39 is 41.1 Å². The zero-order valence-corrected chi connectivity index (χ0v) is 25.9. The number of cyclic esters (lactones) is 1. The monoisotopic (exact) mass is 635 g/mol. The minimum Gasteiger partial charge on any atom is -0.507 e. The zero-order chi connectivity index (χ0) is 32.1. The average molecular weight is 636 g/mol. The van der Waals surface area contributed by atoms with Crippen molar-refractivity contribution in [2.24, 2.45) is 0 Å². The number of carbonyl (C=O) groups is 3. The lowest BCUT2D eigenvalue weighted by atomic mass is 9.77. The van der Waals surface area contributed by atoms with E-state index in [2.05, 4.69) is 6.07 Å². The number of aromatic hydroxyl groups is 2. The molecule has 0 saturated carbocycles. The van der Waals surface area contributed by atoms with Crippen LogP contribution in [0.15, 0.2) is 5.70 Å². The van der Waals surface area contributed by atoms with Gasteiger partial charge in [-0.3, -0.25) is 9.59 Å². The van der Waals surface area contributed by atoms with Gasteiger partial charge in [-0.15, -0.1) is 11.8 Å². The molecule has 5 aliphatic rings. The van der Waals surface area contributed by atoms with Gasteiger partial charge in [0.25, 0.3) is 0 Å². The van der Waals surface area contributed by atoms with Crippen molar-refractivity contribution >= 4 is 35.2 Å². The second-order valence-corrected chi connectivity index (χ2v) is 12.6. The maximum Gasteiger partial charge on any atom is 0.375 e. The zero-order valence-electron chi connectivity index (χ0n) is 25.0. The number of carbonyl (C=O) groups excluding carboxylic acids is 3. The van der Waals surface area contributed by atoms with Crippen molar-refractivity contribution in [2.45, 2.75) is 50.6 Å². The summed E-state index contributed by atoms with van der Waals surface area (Å²) in [6.45, 7) is 4.22. The fourth-order valence-corrected chi connectivity index (χ4v) is 8.59. The maximum atomic E-state index is 12.9. The highest BCUT2D eigenvalue weighted by atomic mass is 32.2. The van der Waals surface area contributed by atoms with Crippen molar-refractivity contribution in [1.82, 2.24) is 9.80 Å². The third kappa shape index (κ3) is 3.83. The van der Waals surface area contributed by atoms with Crippen LogP contribution >= 0.6 is 11.8 Å². The van der Waals surface area contributed by atoms with Crippen LogP contribution in [0.4, 0.5) is 0 Å². The number of esters is 2. The molecule has 1 unspecified atom stereocenters. The molecule has 2 N–H and O–H groups in total. The molecule has 45 heavy (non-hydrogen) atoms. The Morgan fingerprint density at radius 1 is 1.07 bits per heavy atom. The molecule has 13 nitrogen and oxygen atoms in total. The smallest absolute Gasteiger partial charge is 0.375 e. The van der Waals surface area contributed by atoms with Gasteiger partial charge in [0.15, 0.2) is 23.0 Å². The van der Waals surface area contributed by atoms with Gasteiger partial charge in [0.2, 0.25) is 12.6 Å². The molecule has 0 radical (unpaired) electrons. The third-order valence-electron chi connectivity index (χ3n) is 9.24. The third-order valence-corrected chi connectivity index (χ3v) is 10.5. The van der Waals surface area contributed by atoms with E-state index >= 15 is 0 Å². The lowest BCUT2D eigenvalue weighted by Crippen LogP contribution is -2.60. The van der Waals surface area contributed by atoms with Crippen molar-refractivity contribution in [3.05, 3.63) is 39.1 Å². The summed E-state index contributed by atoms with van der Waals surface area (Å²) >= 11 is 1.10. The highest BCUT2D eigenvalue weighted by molar-refractivity contribution is 8.00. The molecule has 14 heteroatoms. The number of fused-ring (bicyclic) bond motifs is 9. The Kier molecular flexibility index (Phi) is 6.52. The van der Waals surface area contributed by atoms with E-state index in [4.69, 9.17) is 23.7 Å². The summed E-state index contributed by atoms with van der Waals surface area (Å²) in [7, 11) is 3.20. The lowest BCUT2D eigenvalue weighted by Gasteiger charge is -2.56. The fraction of sp³-hybridized carbons (Fsp3) is 0.419. The Balaban J connectivity index is 1.65. The first kappa shape index (κ1) is 29.0. The molecule has 4 bridgehead atoms. The Morgan fingerprint density at radius 2 is 1.80 bits per heavy atom. The van der Waals surface area contributed by atoms with E-state index in [9.17, 15) is 29.9 Å². The fourth-order valence-electron chi connectivity index (χ4n) is 7.37. The van der Waals surface area contributed by atoms with Gasteiger partial charge in [-0.05, 0) is 13.8 Å². The molecule has 1 saturated heterocycles. The molecule has 1 fully saturated rings. The topological polar surface area (TPSA) is 168 Å². The first-order valence-corrected chi connectivity index (χ1v) is 15.3. The number of benzene rings is 2. The van der Waals surface area contributed by atoms with E-state index in [1.807, 2.05) is 16.8 Å². The van der Waals surface area contributed by atoms with Gasteiger partial charge in [0.1, 0.15) is 24.1 Å². The summed E-state index contributed by atoms with van der Waals surface area (Å²) in [6.07, 6.45) is 0.210. The Morgan fingerprint density at radius 3 is 2.49 bits per heavy atom. The molecular weight excluding hydrogens is 606 g/mol. The minimum atomic E-state index is -0.997. The molecule has 2 aromatic rings. The second kappa shape index (κ2) is 10.1. The summed E-state index contributed by atoms with van der Waals surface area (Å²) in [4.78, 5) is 41.9. The van der Waals surface area contributed by atoms with Gasteiger partial charge in [0.05, 0.1) is 53.2 Å². The molecule has 234 valence electrons. The number of phenolic OH excluding ortho intramolecular Hbond substituents is 2. The van der Waals surface area contributed by atoms with Crippen LogP contribution in [0.1, 0.15) is 51.6 Å². The number of rotatable bonds is 2. The van der Waals surface area contributed by atoms with Crippen LogP contribution in [0.3, 0.4) is 0 Å². The number of hydrogen-bond donors (Lipinski definition) is 2. The number of Topliss-reactive ketones (excluding diaryl/α,β-unsaturated/α-hetero) is 1. The van der Waals surface area contributed by atoms with Crippen molar-refractivity contribution in [1.29, 1.82) is 5.26 Å². The molecule has 5 aliphatic heterocycles. The first-order valence-electron chi connectivity index (χ1n) is 14.2. The average Bonchev–Trinajstić information content (AvgIpc) is 3.50. The van der Waals surface area contributed by atoms with Gasteiger partial charge in [-0.2, -0.15) is 5.26 Å². The van der Waals surface area contributed by atoms with Crippen LogP contribution in [0.5, 0.6) is 34.5 Å². The van der Waals surface area contributed by atoms with E-state index in [-0.39, 0.29) is 48.6 Å². The van der Waals surface area contributed by atoms with Crippen LogP contribution in [0.2, 0.25) is 0 Å². The first-order chi connectivity index (χ1) is 21.5. The van der Waals surface area contributed by atoms with Crippen LogP contribution < -0.4 is 18.9 Å². The van der Waals surface area contributed by atoms with Gasteiger partial charge >= 0.3 is 11.9 Å². The van der Waals surface area contributed by atoms with Crippen LogP contribution in [-0.4, -0.2) is 83.1 Å². The van der Waals surface area contributed by atoms with Gasteiger partial charge in [-0.25, -0.2) is 4.79 Å². The van der Waals surface area contributed by atoms with Crippen LogP contribution in [-0.2, 0) is 25.5 Å². The Bertz CT molecular complexity index is 1810. The van der Waals surface area contributed by atoms with Crippen LogP contribution in [0, 0.1) is 25.2 Å². The van der Waals surface area contributed by atoms with E-state index in [0.717, 1.165) is 11.8 Å². The highest BCUT2D eigenvalue weighted by Gasteiger charge is 2.56. The highest BCUT2D eigenvalue weighted by Crippen LogP contribution is 2.64. The Hall–Kier alpha value is -4.77. The number of ketones is 1. The van der Waals surface area contributed by atoms with Crippen molar-refractivity contribution < 1.29 is 48.3 Å². The normalized spacial score (nSPS) is 24.4. The molecule has 2 aromatic carbocycles. The number of hydrogen-bond acceptors (Lipinski definition) is 14. The molecule has 0 spiro atoms. The summed E-state index contributed by atoms with van der Waals surface area (Å²) in [5, 5.41) is 33.0. The van der Waals surface area contributed by atoms with E-state index in [0.29, 0.717) is 56.3 Å². The van der Waals surface area contributed by atoms with Gasteiger partial charge in [0, 0.05) is 48.2 Å². The summed E-state index contributed by atoms with van der Waals surface area (Å²) in [6, 6.07) is 0.211. The molecular formula is C31H29N3O10S. The van der Waals surface area contributed by atoms with E-state index in [1.54, 1.807) is 13.8 Å². The molecule has 5 heterocycles. The molecule has 4 atom stereocenters. The van der Waals surface area contributed by atoms with Crippen molar-refractivity contribution in [3.63, 3.8) is 0 Å². The summed E-state index contributed by atoms with van der Waals surface area (Å²) in [5.41, 5.74) is 3.68. The quantitative estimate of drug-likeness (QED) is 0.214. The Labute approximate surface area is 261 Å². The van der Waals surface area contributed by atoms with E-state index in [1.165, 1.54) is 14.0 Å². The number of ether oxygens (including phenoxy) is 5. The standard InChI is InChI=1S/C31H29N3O10S/c1-11-24(37)14-6-15-16(7-32)34-17-8-41-31(39)18(36)9-45-30(23(34)22(33(15)4)19(14)25(38)27(11)40-5)21-20(17)29-28(42-10-43-29)12(2)26(21)44-13(3)35/h15-17,30,37-38H,6,8-10H2,1-5H3/t15?,16-,17-,30+/m0/s1. The summed E-state index contributed by atoms with van der Waals surface area (Å²) in [5.74, 6) is -1.82.